The summed E-state index contributed by atoms with van der Waals surface area (Å²) in [4.78, 5) is 13.7. The fourth-order valence-corrected chi connectivity index (χ4v) is 2.67. The van der Waals surface area contributed by atoms with Crippen LogP contribution in [-0.4, -0.2) is 28.6 Å². The van der Waals surface area contributed by atoms with E-state index in [1.165, 1.54) is 0 Å². The van der Waals surface area contributed by atoms with Gasteiger partial charge < -0.3 is 10.1 Å². The van der Waals surface area contributed by atoms with Gasteiger partial charge in [0.2, 0.25) is 0 Å². The van der Waals surface area contributed by atoms with E-state index >= 15 is 0 Å². The second-order valence-electron chi connectivity index (χ2n) is 4.24. The molecule has 0 spiro atoms. The fourth-order valence-electron chi connectivity index (χ4n) is 2.28. The van der Waals surface area contributed by atoms with Crippen LogP contribution < -0.4 is 10.1 Å². The van der Waals surface area contributed by atoms with E-state index in [1.54, 1.807) is 4.90 Å². The molecule has 0 radical (unpaired) electrons. The normalized spacial score (nSPS) is 26.8. The van der Waals surface area contributed by atoms with Crippen molar-refractivity contribution in [3.63, 3.8) is 0 Å². The van der Waals surface area contributed by atoms with E-state index in [0.29, 0.717) is 11.7 Å². The summed E-state index contributed by atoms with van der Waals surface area (Å²) in [6.45, 7) is 2.29. The number of benzene rings is 1. The summed E-state index contributed by atoms with van der Waals surface area (Å²) in [5.74, 6) is 0.855. The van der Waals surface area contributed by atoms with Gasteiger partial charge in [0.1, 0.15) is 24.4 Å². The summed E-state index contributed by atoms with van der Waals surface area (Å²) < 4.78 is 5.57. The third-order valence-corrected chi connectivity index (χ3v) is 3.47. The SMILES string of the molecule is C[C@@H]1NC(=S)N([C@@H]2COc3ccccc32)C1=O. The molecule has 88 valence electrons. The first-order chi connectivity index (χ1) is 8.18. The highest BCUT2D eigenvalue weighted by Gasteiger charge is 2.41. The van der Waals surface area contributed by atoms with E-state index in [2.05, 4.69) is 5.32 Å². The minimum Gasteiger partial charge on any atom is -0.491 e. The average molecular weight is 248 g/mol. The van der Waals surface area contributed by atoms with Gasteiger partial charge in [0.15, 0.2) is 5.11 Å². The van der Waals surface area contributed by atoms with Gasteiger partial charge in [-0.3, -0.25) is 9.69 Å². The van der Waals surface area contributed by atoms with Crippen LogP contribution in [0.1, 0.15) is 18.5 Å². The second kappa shape index (κ2) is 3.70. The van der Waals surface area contributed by atoms with Crippen LogP contribution in [-0.2, 0) is 4.79 Å². The van der Waals surface area contributed by atoms with Gasteiger partial charge in [-0.25, -0.2) is 0 Å². The minimum absolute atomic E-state index is 0.0142. The van der Waals surface area contributed by atoms with Gasteiger partial charge in [-0.05, 0) is 25.2 Å². The lowest BCUT2D eigenvalue weighted by atomic mass is 10.1. The Kier molecular flexibility index (Phi) is 2.29. The number of fused-ring (bicyclic) bond motifs is 1. The lowest BCUT2D eigenvalue weighted by molar-refractivity contribution is -0.128. The van der Waals surface area contributed by atoms with Crippen LogP contribution in [0.5, 0.6) is 5.75 Å². The fraction of sp³-hybridized carbons (Fsp3) is 0.333. The predicted molar refractivity (Wildman–Crippen MR) is 66.7 cm³/mol. The van der Waals surface area contributed by atoms with E-state index in [1.807, 2.05) is 31.2 Å². The Morgan fingerprint density at radius 1 is 1.47 bits per heavy atom. The van der Waals surface area contributed by atoms with Gasteiger partial charge in [-0.1, -0.05) is 18.2 Å². The minimum atomic E-state index is -0.240. The van der Waals surface area contributed by atoms with Gasteiger partial charge in [0, 0.05) is 5.56 Å². The Morgan fingerprint density at radius 3 is 2.94 bits per heavy atom. The smallest absolute Gasteiger partial charge is 0.251 e. The number of ether oxygens (including phenoxy) is 1. The van der Waals surface area contributed by atoms with E-state index in [0.717, 1.165) is 11.3 Å². The van der Waals surface area contributed by atoms with E-state index in [4.69, 9.17) is 17.0 Å². The summed E-state index contributed by atoms with van der Waals surface area (Å²) >= 11 is 5.20. The standard InChI is InChI=1S/C12H12N2O2S/c1-7-11(15)14(12(17)13-7)9-6-16-10-5-3-2-4-8(9)10/h2-5,7,9H,6H2,1H3,(H,13,17)/t7-,9+/m0/s1. The number of hydrogen-bond donors (Lipinski definition) is 1. The molecule has 0 aliphatic carbocycles. The quantitative estimate of drug-likeness (QED) is 0.759. The molecule has 0 aromatic heterocycles. The first kappa shape index (κ1) is 10.5. The first-order valence-corrected chi connectivity index (χ1v) is 5.94. The van der Waals surface area contributed by atoms with Gasteiger partial charge >= 0.3 is 0 Å². The highest BCUT2D eigenvalue weighted by atomic mass is 32.1. The van der Waals surface area contributed by atoms with Crippen molar-refractivity contribution in [1.29, 1.82) is 0 Å². The Hall–Kier alpha value is -1.62. The number of nitrogens with one attached hydrogen (secondary N) is 1. The molecular weight excluding hydrogens is 236 g/mol. The van der Waals surface area contributed by atoms with Gasteiger partial charge in [0.25, 0.3) is 5.91 Å². The molecule has 1 N–H and O–H groups in total. The third kappa shape index (κ3) is 1.50. The first-order valence-electron chi connectivity index (χ1n) is 5.54. The number of carbonyl (C=O) groups is 1. The zero-order valence-electron chi connectivity index (χ0n) is 9.34. The number of nitrogens with zero attached hydrogens (tertiary/aromatic N) is 1. The molecule has 2 atom stereocenters. The topological polar surface area (TPSA) is 41.6 Å². The highest BCUT2D eigenvalue weighted by molar-refractivity contribution is 7.80. The van der Waals surface area contributed by atoms with Crippen LogP contribution in [0.4, 0.5) is 0 Å². The molecule has 5 heteroatoms. The molecule has 2 aliphatic rings. The maximum absolute atomic E-state index is 12.0. The monoisotopic (exact) mass is 248 g/mol. The number of thiocarbonyl (C=S) groups is 1. The molecule has 4 nitrogen and oxygen atoms in total. The lowest BCUT2D eigenvalue weighted by Gasteiger charge is -2.21. The maximum Gasteiger partial charge on any atom is 0.251 e. The van der Waals surface area contributed by atoms with Crippen LogP contribution in [0.15, 0.2) is 24.3 Å². The zero-order valence-corrected chi connectivity index (χ0v) is 10.2. The van der Waals surface area contributed by atoms with Gasteiger partial charge in [-0.15, -0.1) is 0 Å². The van der Waals surface area contributed by atoms with Crippen molar-refractivity contribution >= 4 is 23.2 Å². The van der Waals surface area contributed by atoms with Crippen LogP contribution in [0.2, 0.25) is 0 Å². The summed E-state index contributed by atoms with van der Waals surface area (Å²) in [5.41, 5.74) is 1.03. The average Bonchev–Trinajstić information content (AvgIpc) is 2.82. The molecule has 3 rings (SSSR count). The van der Waals surface area contributed by atoms with Crippen molar-refractivity contribution in [2.24, 2.45) is 0 Å². The molecular formula is C12H12N2O2S. The molecule has 2 heterocycles. The van der Waals surface area contributed by atoms with Crippen LogP contribution in [0, 0.1) is 0 Å². The Morgan fingerprint density at radius 2 is 2.24 bits per heavy atom. The third-order valence-electron chi connectivity index (χ3n) is 3.15. The Labute approximate surface area is 105 Å². The molecule has 1 aromatic carbocycles. The highest BCUT2D eigenvalue weighted by Crippen LogP contribution is 2.37. The molecule has 2 aliphatic heterocycles. The van der Waals surface area contributed by atoms with E-state index in [-0.39, 0.29) is 18.0 Å². The van der Waals surface area contributed by atoms with Crippen molar-refractivity contribution in [2.45, 2.75) is 19.0 Å². The summed E-state index contributed by atoms with van der Waals surface area (Å²) in [6, 6.07) is 7.42. The second-order valence-corrected chi connectivity index (χ2v) is 4.63. The summed E-state index contributed by atoms with van der Waals surface area (Å²) in [5, 5.41) is 3.47. The van der Waals surface area contributed by atoms with Gasteiger partial charge in [-0.2, -0.15) is 0 Å². The molecule has 1 saturated heterocycles. The number of para-hydroxylation sites is 1. The zero-order chi connectivity index (χ0) is 12.0. The van der Waals surface area contributed by atoms with Crippen LogP contribution in [0.25, 0.3) is 0 Å². The van der Waals surface area contributed by atoms with Crippen molar-refractivity contribution in [1.82, 2.24) is 10.2 Å². The molecule has 1 amide bonds. The Balaban J connectivity index is 1.97. The molecule has 1 aromatic rings. The summed E-state index contributed by atoms with van der Waals surface area (Å²) in [7, 11) is 0. The van der Waals surface area contributed by atoms with Gasteiger partial charge in [0.05, 0.1) is 0 Å². The largest absolute Gasteiger partial charge is 0.491 e. The van der Waals surface area contributed by atoms with Crippen LogP contribution >= 0.6 is 12.2 Å². The molecule has 0 unspecified atom stereocenters. The lowest BCUT2D eigenvalue weighted by Crippen LogP contribution is -2.35. The number of amides is 1. The molecule has 0 bridgehead atoms. The summed E-state index contributed by atoms with van der Waals surface area (Å²) in [6.07, 6.45) is 0. The van der Waals surface area contributed by atoms with E-state index < -0.39 is 0 Å². The number of rotatable bonds is 1. The van der Waals surface area contributed by atoms with E-state index in [9.17, 15) is 4.79 Å². The van der Waals surface area contributed by atoms with Crippen molar-refractivity contribution in [2.75, 3.05) is 6.61 Å². The van der Waals surface area contributed by atoms with Crippen molar-refractivity contribution in [3.8, 4) is 5.75 Å². The molecule has 0 saturated carbocycles. The van der Waals surface area contributed by atoms with Crippen LogP contribution in [0.3, 0.4) is 0 Å². The molecule has 17 heavy (non-hydrogen) atoms. The van der Waals surface area contributed by atoms with Crippen molar-refractivity contribution in [3.05, 3.63) is 29.8 Å². The number of hydrogen-bond acceptors (Lipinski definition) is 3. The predicted octanol–water partition coefficient (Wildman–Crippen LogP) is 1.23. The molecule has 1 fully saturated rings. The maximum atomic E-state index is 12.0. The van der Waals surface area contributed by atoms with Crippen molar-refractivity contribution < 1.29 is 9.53 Å². The number of carbonyl (C=O) groups excluding carboxylic acids is 1. The Bertz CT molecular complexity index is 503.